The number of nitrogens with zero attached hydrogens (tertiary/aromatic N) is 8. The van der Waals surface area contributed by atoms with Crippen molar-refractivity contribution in [1.29, 1.82) is 0 Å². The third-order valence-corrected chi connectivity index (χ3v) is 8.86. The molecule has 0 bridgehead atoms. The van der Waals surface area contributed by atoms with Crippen LogP contribution in [0.2, 0.25) is 0 Å². The number of thiazole rings is 1. The van der Waals surface area contributed by atoms with Crippen molar-refractivity contribution in [2.45, 2.75) is 51.8 Å². The zero-order valence-corrected chi connectivity index (χ0v) is 26.6. The van der Waals surface area contributed by atoms with Gasteiger partial charge in [0, 0.05) is 78.9 Å². The highest BCUT2D eigenvalue weighted by atomic mass is 32.1. The summed E-state index contributed by atoms with van der Waals surface area (Å²) in [5.41, 5.74) is 2.17. The van der Waals surface area contributed by atoms with Gasteiger partial charge in [-0.2, -0.15) is 5.10 Å². The van der Waals surface area contributed by atoms with Crippen molar-refractivity contribution in [1.82, 2.24) is 34.2 Å². The van der Waals surface area contributed by atoms with Crippen molar-refractivity contribution in [3.8, 4) is 11.1 Å². The van der Waals surface area contributed by atoms with E-state index < -0.39 is 17.5 Å². The van der Waals surface area contributed by atoms with E-state index in [2.05, 4.69) is 34.8 Å². The number of piperazine rings is 1. The summed E-state index contributed by atoms with van der Waals surface area (Å²) >= 11 is 1.32. The highest BCUT2D eigenvalue weighted by Gasteiger charge is 2.32. The second-order valence-electron chi connectivity index (χ2n) is 12.4. The number of nitrogens with one attached hydrogen (secondary N) is 1. The molecule has 238 valence electrons. The molecule has 5 aromatic rings. The van der Waals surface area contributed by atoms with Gasteiger partial charge < -0.3 is 19.1 Å². The number of hydrogen-bond donors (Lipinski definition) is 1. The summed E-state index contributed by atoms with van der Waals surface area (Å²) in [6.45, 7) is 8.68. The van der Waals surface area contributed by atoms with Crippen LogP contribution in [0.25, 0.3) is 22.0 Å². The van der Waals surface area contributed by atoms with E-state index in [4.69, 9.17) is 4.74 Å². The maximum Gasteiger partial charge on any atom is 0.410 e. The zero-order chi connectivity index (χ0) is 32.0. The largest absolute Gasteiger partial charge is 0.444 e. The van der Waals surface area contributed by atoms with Crippen molar-refractivity contribution in [2.24, 2.45) is 0 Å². The van der Waals surface area contributed by atoms with Gasteiger partial charge in [0.1, 0.15) is 16.9 Å². The Bertz CT molecular complexity index is 1890. The first-order valence-corrected chi connectivity index (χ1v) is 16.1. The molecule has 1 fully saturated rings. The molecule has 1 saturated heterocycles. The lowest BCUT2D eigenvalue weighted by Gasteiger charge is -2.36. The summed E-state index contributed by atoms with van der Waals surface area (Å²) in [5, 5.41) is 10.3. The van der Waals surface area contributed by atoms with E-state index in [1.807, 2.05) is 32.9 Å². The Morgan fingerprint density at radius 2 is 1.87 bits per heavy atom. The van der Waals surface area contributed by atoms with Gasteiger partial charge >= 0.3 is 6.09 Å². The minimum atomic E-state index is -0.898. The van der Waals surface area contributed by atoms with Crippen LogP contribution in [0.4, 0.5) is 20.1 Å². The molecule has 0 radical (unpaired) electrons. The van der Waals surface area contributed by atoms with E-state index in [1.54, 1.807) is 47.3 Å². The highest BCUT2D eigenvalue weighted by Crippen LogP contribution is 2.32. The van der Waals surface area contributed by atoms with E-state index in [0.717, 1.165) is 30.9 Å². The van der Waals surface area contributed by atoms with Crippen molar-refractivity contribution in [3.63, 3.8) is 0 Å². The number of fused-ring (bicyclic) bond motifs is 2. The first-order chi connectivity index (χ1) is 22.1. The first-order valence-electron chi connectivity index (χ1n) is 15.3. The van der Waals surface area contributed by atoms with Crippen LogP contribution >= 0.6 is 11.3 Å². The summed E-state index contributed by atoms with van der Waals surface area (Å²) in [5.74, 6) is -0.0885. The van der Waals surface area contributed by atoms with E-state index in [9.17, 15) is 9.59 Å². The number of hydrogen-bond acceptors (Lipinski definition) is 9. The molecule has 2 amide bonds. The molecule has 0 unspecified atom stereocenters. The van der Waals surface area contributed by atoms with Gasteiger partial charge in [0.25, 0.3) is 5.91 Å². The molecule has 14 heteroatoms. The van der Waals surface area contributed by atoms with Crippen LogP contribution in [0.15, 0.2) is 54.6 Å². The standard InChI is InChI=1S/C32H34FN9O3S/c1-32(2,3)45-31(44)40-14-12-39(13-15-40)24-9-7-20(17-35-24)22-8-6-21-18-42(38-26(21)25(22)33)28(29(43)37-30-34-10-16-46-30)27-23-5-4-11-41(23)19-36-27/h6-10,16-19,28H,4-5,11-15H2,1-3H3,(H,34,37,43)/t28-/m1/s1. The Labute approximate surface area is 268 Å². The molecular weight excluding hydrogens is 609 g/mol. The quantitative estimate of drug-likeness (QED) is 0.271. The number of aryl methyl sites for hydroxylation is 1. The average molecular weight is 644 g/mol. The number of halogens is 1. The van der Waals surface area contributed by atoms with E-state index in [0.29, 0.717) is 53.5 Å². The minimum absolute atomic E-state index is 0.155. The smallest absolute Gasteiger partial charge is 0.410 e. The highest BCUT2D eigenvalue weighted by molar-refractivity contribution is 7.13. The number of rotatable bonds is 6. The van der Waals surface area contributed by atoms with Crippen molar-refractivity contribution < 1.29 is 18.7 Å². The van der Waals surface area contributed by atoms with E-state index in [-0.39, 0.29) is 17.5 Å². The van der Waals surface area contributed by atoms with Crippen LogP contribution in [0.1, 0.15) is 44.6 Å². The fourth-order valence-electron chi connectivity index (χ4n) is 5.97. The van der Waals surface area contributed by atoms with Crippen LogP contribution in [-0.4, -0.2) is 78.0 Å². The van der Waals surface area contributed by atoms with Crippen LogP contribution in [0.5, 0.6) is 0 Å². The molecule has 6 heterocycles. The third-order valence-electron chi connectivity index (χ3n) is 8.17. The Hall–Kier alpha value is -4.85. The Morgan fingerprint density at radius 1 is 1.04 bits per heavy atom. The van der Waals surface area contributed by atoms with Crippen LogP contribution < -0.4 is 10.2 Å². The number of pyridine rings is 1. The number of ether oxygens (including phenoxy) is 1. The number of carbonyl (C=O) groups excluding carboxylic acids is 2. The lowest BCUT2D eigenvalue weighted by Crippen LogP contribution is -2.50. The molecule has 0 saturated carbocycles. The van der Waals surface area contributed by atoms with Crippen molar-refractivity contribution >= 4 is 45.2 Å². The number of aromatic nitrogens is 6. The van der Waals surface area contributed by atoms with Crippen molar-refractivity contribution in [3.05, 3.63) is 71.8 Å². The maximum absolute atomic E-state index is 16.1. The van der Waals surface area contributed by atoms with Gasteiger partial charge in [0.2, 0.25) is 0 Å². The van der Waals surface area contributed by atoms with Crippen LogP contribution in [-0.2, 0) is 22.5 Å². The fourth-order valence-corrected chi connectivity index (χ4v) is 6.50. The third kappa shape index (κ3) is 5.80. The predicted octanol–water partition coefficient (Wildman–Crippen LogP) is 5.12. The molecule has 2 aliphatic rings. The topological polar surface area (TPSA) is 123 Å². The summed E-state index contributed by atoms with van der Waals surface area (Å²) in [6, 6.07) is 6.31. The van der Waals surface area contributed by atoms with Gasteiger partial charge in [-0.25, -0.2) is 24.1 Å². The first kappa shape index (κ1) is 29.8. The summed E-state index contributed by atoms with van der Waals surface area (Å²) < 4.78 is 25.1. The molecular formula is C32H34FN9O3S. The molecule has 1 N–H and O–H groups in total. The van der Waals surface area contributed by atoms with Gasteiger partial charge in [-0.3, -0.25) is 14.8 Å². The molecule has 4 aromatic heterocycles. The monoisotopic (exact) mass is 643 g/mol. The Kier molecular flexibility index (Phi) is 7.67. The molecule has 0 aliphatic carbocycles. The molecule has 7 rings (SSSR count). The summed E-state index contributed by atoms with van der Waals surface area (Å²) in [4.78, 5) is 43.3. The van der Waals surface area contributed by atoms with Gasteiger partial charge in [0.05, 0.1) is 12.0 Å². The molecule has 1 atom stereocenters. The Morgan fingerprint density at radius 3 is 2.59 bits per heavy atom. The predicted molar refractivity (Wildman–Crippen MR) is 172 cm³/mol. The van der Waals surface area contributed by atoms with Crippen LogP contribution in [0.3, 0.4) is 0 Å². The number of benzene rings is 1. The fraction of sp³-hybridized carbons (Fsp3) is 0.375. The summed E-state index contributed by atoms with van der Waals surface area (Å²) in [6.07, 6.45) is 8.17. The van der Waals surface area contributed by atoms with Crippen LogP contribution in [0, 0.1) is 5.82 Å². The molecule has 12 nitrogen and oxygen atoms in total. The zero-order valence-electron chi connectivity index (χ0n) is 25.8. The average Bonchev–Trinajstić information content (AvgIpc) is 3.84. The second-order valence-corrected chi connectivity index (χ2v) is 13.3. The normalized spacial score (nSPS) is 15.7. The maximum atomic E-state index is 16.1. The summed E-state index contributed by atoms with van der Waals surface area (Å²) in [7, 11) is 0. The minimum Gasteiger partial charge on any atom is -0.444 e. The van der Waals surface area contributed by atoms with Gasteiger partial charge in [-0.15, -0.1) is 11.3 Å². The number of carbonyl (C=O) groups is 2. The van der Waals surface area contributed by atoms with Crippen molar-refractivity contribution in [2.75, 3.05) is 36.4 Å². The van der Waals surface area contributed by atoms with E-state index in [1.165, 1.54) is 16.0 Å². The number of anilines is 2. The SMILES string of the molecule is CC(C)(C)OC(=O)N1CCN(c2ccc(-c3ccc4cn([C@@H](C(=O)Nc5nccs5)c5ncn6c5CCC6)nc4c3F)cn2)CC1. The Balaban J connectivity index is 1.12. The molecule has 1 aromatic carbocycles. The number of amides is 2. The molecule has 46 heavy (non-hydrogen) atoms. The second kappa shape index (κ2) is 11.8. The van der Waals surface area contributed by atoms with Gasteiger partial charge in [-0.1, -0.05) is 12.1 Å². The lowest BCUT2D eigenvalue weighted by atomic mass is 10.1. The molecule has 0 spiro atoms. The lowest BCUT2D eigenvalue weighted by molar-refractivity contribution is -0.118. The van der Waals surface area contributed by atoms with E-state index >= 15 is 4.39 Å². The number of imidazole rings is 1. The molecule has 2 aliphatic heterocycles. The van der Waals surface area contributed by atoms with Gasteiger partial charge in [-0.05, 0) is 45.7 Å². The van der Waals surface area contributed by atoms with Gasteiger partial charge in [0.15, 0.2) is 17.0 Å².